The molecule has 1 heterocycles. The number of hydrogen-bond donors (Lipinski definition) is 1. The first-order chi connectivity index (χ1) is 13.1. The molecule has 2 aromatic rings. The number of rotatable bonds is 7. The molecule has 0 unspecified atom stereocenters. The lowest BCUT2D eigenvalue weighted by Crippen LogP contribution is -2.38. The molecule has 5 nitrogen and oxygen atoms in total. The van der Waals surface area contributed by atoms with Gasteiger partial charge in [-0.15, -0.1) is 11.3 Å². The molecule has 0 saturated carbocycles. The van der Waals surface area contributed by atoms with Crippen LogP contribution in [0.15, 0.2) is 30.3 Å². The average molecular weight is 387 g/mol. The number of nitrogens with zero attached hydrogens (tertiary/aromatic N) is 1. The number of para-hydroxylation sites is 2. The number of thiophene rings is 1. The van der Waals surface area contributed by atoms with Crippen LogP contribution in [0.5, 0.6) is 5.75 Å². The Hall–Kier alpha value is -2.34. The van der Waals surface area contributed by atoms with Crippen LogP contribution in [0.4, 0.5) is 5.69 Å². The van der Waals surface area contributed by atoms with Crippen molar-refractivity contribution in [2.45, 2.75) is 39.0 Å². The lowest BCUT2D eigenvalue weighted by molar-refractivity contribution is -0.116. The quantitative estimate of drug-likeness (QED) is 0.778. The molecule has 6 heteroatoms. The number of nitrogens with one attached hydrogen (secondary N) is 1. The lowest BCUT2D eigenvalue weighted by atomic mass is 9.99. The Morgan fingerprint density at radius 2 is 2.00 bits per heavy atom. The second-order valence-corrected chi connectivity index (χ2v) is 7.88. The summed E-state index contributed by atoms with van der Waals surface area (Å²) in [7, 11) is 1.57. The Kier molecular flexibility index (Phi) is 6.50. The molecule has 2 amide bonds. The van der Waals surface area contributed by atoms with E-state index in [-0.39, 0.29) is 18.4 Å². The van der Waals surface area contributed by atoms with Gasteiger partial charge in [-0.1, -0.05) is 19.1 Å². The molecule has 144 valence electrons. The number of anilines is 1. The number of methoxy groups -OCH3 is 1. The molecule has 0 spiro atoms. The van der Waals surface area contributed by atoms with Gasteiger partial charge >= 0.3 is 0 Å². The highest BCUT2D eigenvalue weighted by molar-refractivity contribution is 7.14. The van der Waals surface area contributed by atoms with Gasteiger partial charge < -0.3 is 15.0 Å². The summed E-state index contributed by atoms with van der Waals surface area (Å²) in [5.74, 6) is 0.333. The summed E-state index contributed by atoms with van der Waals surface area (Å²) in [6, 6.07) is 9.29. The van der Waals surface area contributed by atoms with Crippen molar-refractivity contribution < 1.29 is 14.3 Å². The van der Waals surface area contributed by atoms with Crippen LogP contribution in [0, 0.1) is 0 Å². The number of ether oxygens (including phenoxy) is 1. The number of carbonyl (C=O) groups is 2. The molecule has 3 rings (SSSR count). The summed E-state index contributed by atoms with van der Waals surface area (Å²) in [4.78, 5) is 29.3. The molecule has 27 heavy (non-hydrogen) atoms. The van der Waals surface area contributed by atoms with Crippen LogP contribution in [0.3, 0.4) is 0 Å². The fourth-order valence-electron chi connectivity index (χ4n) is 3.39. The largest absolute Gasteiger partial charge is 0.495 e. The van der Waals surface area contributed by atoms with Gasteiger partial charge in [-0.05, 0) is 55.9 Å². The number of hydrogen-bond acceptors (Lipinski definition) is 4. The van der Waals surface area contributed by atoms with Crippen molar-refractivity contribution in [3.05, 3.63) is 45.6 Å². The Morgan fingerprint density at radius 1 is 1.22 bits per heavy atom. The minimum atomic E-state index is -0.220. The van der Waals surface area contributed by atoms with Gasteiger partial charge in [0, 0.05) is 11.4 Å². The second-order valence-electron chi connectivity index (χ2n) is 6.74. The van der Waals surface area contributed by atoms with E-state index in [0.717, 1.165) is 24.1 Å². The molecule has 1 aliphatic carbocycles. The summed E-state index contributed by atoms with van der Waals surface area (Å²) in [5, 5.41) is 2.85. The van der Waals surface area contributed by atoms with E-state index in [4.69, 9.17) is 4.74 Å². The van der Waals surface area contributed by atoms with Crippen molar-refractivity contribution in [3.8, 4) is 5.75 Å². The fraction of sp³-hybridized carbons (Fsp3) is 0.429. The molecular weight excluding hydrogens is 360 g/mol. The average Bonchev–Trinajstić information content (AvgIpc) is 3.11. The normalized spacial score (nSPS) is 13.0. The van der Waals surface area contributed by atoms with E-state index < -0.39 is 0 Å². The molecule has 0 radical (unpaired) electrons. The molecule has 0 aliphatic heterocycles. The lowest BCUT2D eigenvalue weighted by Gasteiger charge is -2.21. The summed E-state index contributed by atoms with van der Waals surface area (Å²) >= 11 is 1.59. The predicted octanol–water partition coefficient (Wildman–Crippen LogP) is 4.13. The van der Waals surface area contributed by atoms with Crippen LogP contribution >= 0.6 is 11.3 Å². The molecule has 0 bridgehead atoms. The minimum absolute atomic E-state index is 0.0350. The number of aryl methyl sites for hydroxylation is 2. The molecule has 0 fully saturated rings. The minimum Gasteiger partial charge on any atom is -0.495 e. The van der Waals surface area contributed by atoms with E-state index in [0.29, 0.717) is 18.0 Å². The van der Waals surface area contributed by atoms with Crippen molar-refractivity contribution in [3.63, 3.8) is 0 Å². The topological polar surface area (TPSA) is 58.6 Å². The fourth-order valence-corrected chi connectivity index (χ4v) is 4.61. The van der Waals surface area contributed by atoms with E-state index in [2.05, 4.69) is 5.32 Å². The van der Waals surface area contributed by atoms with Crippen molar-refractivity contribution in [2.75, 3.05) is 25.5 Å². The highest BCUT2D eigenvalue weighted by Crippen LogP contribution is 2.30. The highest BCUT2D eigenvalue weighted by atomic mass is 32.1. The third-order valence-corrected chi connectivity index (χ3v) is 5.93. The van der Waals surface area contributed by atoms with Gasteiger partial charge in [-0.2, -0.15) is 0 Å². The maximum absolute atomic E-state index is 13.0. The first kappa shape index (κ1) is 19.4. The summed E-state index contributed by atoms with van der Waals surface area (Å²) in [6.07, 6.45) is 5.31. The molecular formula is C21H26N2O3S. The molecule has 1 N–H and O–H groups in total. The zero-order valence-corrected chi connectivity index (χ0v) is 16.7. The van der Waals surface area contributed by atoms with Gasteiger partial charge in [0.1, 0.15) is 12.3 Å². The van der Waals surface area contributed by atoms with Crippen LogP contribution < -0.4 is 10.1 Å². The maximum Gasteiger partial charge on any atom is 0.264 e. The third kappa shape index (κ3) is 4.69. The Labute approximate surface area is 164 Å². The van der Waals surface area contributed by atoms with Gasteiger partial charge in [0.15, 0.2) is 0 Å². The van der Waals surface area contributed by atoms with Gasteiger partial charge in [0.25, 0.3) is 5.91 Å². The zero-order chi connectivity index (χ0) is 19.2. The number of benzene rings is 1. The van der Waals surface area contributed by atoms with Crippen molar-refractivity contribution in [1.82, 2.24) is 4.90 Å². The molecule has 1 aliphatic rings. The van der Waals surface area contributed by atoms with Crippen LogP contribution in [-0.2, 0) is 17.6 Å². The van der Waals surface area contributed by atoms with E-state index in [1.165, 1.54) is 23.3 Å². The van der Waals surface area contributed by atoms with E-state index in [9.17, 15) is 9.59 Å². The molecule has 1 aromatic heterocycles. The summed E-state index contributed by atoms with van der Waals surface area (Å²) < 4.78 is 5.27. The molecule has 0 saturated heterocycles. The zero-order valence-electron chi connectivity index (χ0n) is 15.9. The van der Waals surface area contributed by atoms with Crippen molar-refractivity contribution in [1.29, 1.82) is 0 Å². The van der Waals surface area contributed by atoms with Gasteiger partial charge in [-0.25, -0.2) is 0 Å². The van der Waals surface area contributed by atoms with Crippen LogP contribution in [0.25, 0.3) is 0 Å². The van der Waals surface area contributed by atoms with Gasteiger partial charge in [0.05, 0.1) is 17.7 Å². The van der Waals surface area contributed by atoms with Gasteiger partial charge in [0.2, 0.25) is 5.91 Å². The van der Waals surface area contributed by atoms with E-state index in [1.54, 1.807) is 35.5 Å². The predicted molar refractivity (Wildman–Crippen MR) is 109 cm³/mol. The van der Waals surface area contributed by atoms with E-state index in [1.807, 2.05) is 25.1 Å². The van der Waals surface area contributed by atoms with Crippen LogP contribution in [-0.4, -0.2) is 36.9 Å². The van der Waals surface area contributed by atoms with Gasteiger partial charge in [-0.3, -0.25) is 9.59 Å². The van der Waals surface area contributed by atoms with Crippen LogP contribution in [0.2, 0.25) is 0 Å². The summed E-state index contributed by atoms with van der Waals surface area (Å²) in [5.41, 5.74) is 1.92. The molecule has 1 aromatic carbocycles. The standard InChI is InChI=1S/C21H26N2O3S/c1-3-12-23(14-20(24)22-16-9-5-6-10-17(16)26-2)21(25)19-13-15-8-4-7-11-18(15)27-19/h5-6,9-10,13H,3-4,7-8,11-12,14H2,1-2H3,(H,22,24). The first-order valence-electron chi connectivity index (χ1n) is 9.46. The number of fused-ring (bicyclic) bond motifs is 1. The third-order valence-electron chi connectivity index (χ3n) is 4.70. The maximum atomic E-state index is 13.0. The van der Waals surface area contributed by atoms with Crippen molar-refractivity contribution >= 4 is 28.8 Å². The second kappa shape index (κ2) is 9.04. The molecule has 0 atom stereocenters. The highest BCUT2D eigenvalue weighted by Gasteiger charge is 2.23. The SMILES string of the molecule is CCCN(CC(=O)Nc1ccccc1OC)C(=O)c1cc2c(s1)CCCC2. The summed E-state index contributed by atoms with van der Waals surface area (Å²) in [6.45, 7) is 2.60. The monoisotopic (exact) mass is 386 g/mol. The Bertz CT molecular complexity index is 792. The Morgan fingerprint density at radius 3 is 2.74 bits per heavy atom. The number of carbonyl (C=O) groups excluding carboxylic acids is 2. The first-order valence-corrected chi connectivity index (χ1v) is 10.3. The number of amides is 2. The van der Waals surface area contributed by atoms with Crippen LogP contribution in [0.1, 0.15) is 46.3 Å². The van der Waals surface area contributed by atoms with E-state index >= 15 is 0 Å². The smallest absolute Gasteiger partial charge is 0.264 e. The van der Waals surface area contributed by atoms with Crippen molar-refractivity contribution in [2.24, 2.45) is 0 Å². The Balaban J connectivity index is 1.70.